The van der Waals surface area contributed by atoms with Gasteiger partial charge in [0, 0.05) is 5.56 Å². The maximum absolute atomic E-state index is 13.6. The summed E-state index contributed by atoms with van der Waals surface area (Å²) in [6.07, 6.45) is -3.34. The summed E-state index contributed by atoms with van der Waals surface area (Å²) in [6.45, 7) is 3.43. The van der Waals surface area contributed by atoms with Gasteiger partial charge in [-0.05, 0) is 13.1 Å². The van der Waals surface area contributed by atoms with Crippen LogP contribution in [0.5, 0.6) is 0 Å². The fourth-order valence-corrected chi connectivity index (χ4v) is 1.41. The van der Waals surface area contributed by atoms with Crippen molar-refractivity contribution in [2.24, 2.45) is 0 Å². The van der Waals surface area contributed by atoms with Gasteiger partial charge in [-0.3, -0.25) is 0 Å². The van der Waals surface area contributed by atoms with Crippen LogP contribution in [0.3, 0.4) is 0 Å². The third-order valence-corrected chi connectivity index (χ3v) is 2.22. The molecule has 1 aromatic rings. The van der Waals surface area contributed by atoms with E-state index in [1.54, 1.807) is 0 Å². The lowest BCUT2D eigenvalue weighted by atomic mass is 10.0. The molecule has 88 valence electrons. The van der Waals surface area contributed by atoms with Gasteiger partial charge >= 0.3 is 6.18 Å². The highest BCUT2D eigenvalue weighted by Crippen LogP contribution is 2.33. The fourth-order valence-electron chi connectivity index (χ4n) is 1.41. The molecular weight excluding hydrogens is 222 g/mol. The summed E-state index contributed by atoms with van der Waals surface area (Å²) >= 11 is 0. The standard InChI is InChI=1S/C11H11F4N/c1-3-9(16-2)7-5-4-6-8(10(7)12)11(13,14)15/h3-6,9,16H,1H2,2H3. The molecule has 0 amide bonds. The molecule has 5 heteroatoms. The van der Waals surface area contributed by atoms with E-state index in [1.807, 2.05) is 0 Å². The quantitative estimate of drug-likeness (QED) is 0.624. The van der Waals surface area contributed by atoms with Crippen molar-refractivity contribution in [3.05, 3.63) is 47.8 Å². The zero-order valence-electron chi connectivity index (χ0n) is 8.61. The predicted octanol–water partition coefficient (Wildman–Crippen LogP) is 3.29. The van der Waals surface area contributed by atoms with Gasteiger partial charge in [-0.1, -0.05) is 18.2 Å². The van der Waals surface area contributed by atoms with Crippen LogP contribution in [0.2, 0.25) is 0 Å². The second kappa shape index (κ2) is 4.65. The van der Waals surface area contributed by atoms with Crippen molar-refractivity contribution in [1.82, 2.24) is 5.32 Å². The molecule has 0 saturated carbocycles. The van der Waals surface area contributed by atoms with E-state index in [0.717, 1.165) is 0 Å². The summed E-state index contributed by atoms with van der Waals surface area (Å²) in [7, 11) is 1.52. The summed E-state index contributed by atoms with van der Waals surface area (Å²) < 4.78 is 50.8. The molecule has 1 nitrogen and oxygen atoms in total. The van der Waals surface area contributed by atoms with Crippen LogP contribution >= 0.6 is 0 Å². The Balaban J connectivity index is 3.28. The van der Waals surface area contributed by atoms with Crippen molar-refractivity contribution in [2.45, 2.75) is 12.2 Å². The maximum Gasteiger partial charge on any atom is 0.419 e. The minimum absolute atomic E-state index is 0.0627. The maximum atomic E-state index is 13.6. The molecule has 1 rings (SSSR count). The van der Waals surface area contributed by atoms with Gasteiger partial charge in [0.15, 0.2) is 0 Å². The van der Waals surface area contributed by atoms with E-state index < -0.39 is 23.6 Å². The first-order valence-electron chi connectivity index (χ1n) is 4.57. The van der Waals surface area contributed by atoms with E-state index in [9.17, 15) is 17.6 Å². The van der Waals surface area contributed by atoms with Gasteiger partial charge in [0.05, 0.1) is 11.6 Å². The fraction of sp³-hybridized carbons (Fsp3) is 0.273. The lowest BCUT2D eigenvalue weighted by molar-refractivity contribution is -0.140. The highest BCUT2D eigenvalue weighted by Gasteiger charge is 2.35. The molecule has 0 aliphatic heterocycles. The van der Waals surface area contributed by atoms with Crippen LogP contribution in [0.15, 0.2) is 30.9 Å². The van der Waals surface area contributed by atoms with Gasteiger partial charge in [-0.2, -0.15) is 13.2 Å². The summed E-state index contributed by atoms with van der Waals surface area (Å²) in [5.41, 5.74) is -1.32. The molecule has 0 fully saturated rings. The molecule has 1 N–H and O–H groups in total. The smallest absolute Gasteiger partial charge is 0.310 e. The number of benzene rings is 1. The van der Waals surface area contributed by atoms with Crippen molar-refractivity contribution in [3.8, 4) is 0 Å². The lowest BCUT2D eigenvalue weighted by Gasteiger charge is -2.16. The molecule has 0 heterocycles. The van der Waals surface area contributed by atoms with Crippen molar-refractivity contribution in [3.63, 3.8) is 0 Å². The first-order chi connectivity index (χ1) is 7.41. The SMILES string of the molecule is C=CC(NC)c1cccc(C(F)(F)F)c1F. The Kier molecular flexibility index (Phi) is 3.70. The topological polar surface area (TPSA) is 12.0 Å². The molecule has 0 radical (unpaired) electrons. The van der Waals surface area contributed by atoms with Crippen LogP contribution in [0.1, 0.15) is 17.2 Å². The van der Waals surface area contributed by atoms with Crippen LogP contribution in [-0.2, 0) is 6.18 Å². The second-order valence-corrected chi connectivity index (χ2v) is 3.21. The third kappa shape index (κ3) is 2.41. The first-order valence-corrected chi connectivity index (χ1v) is 4.57. The Morgan fingerprint density at radius 3 is 2.44 bits per heavy atom. The van der Waals surface area contributed by atoms with E-state index in [2.05, 4.69) is 11.9 Å². The van der Waals surface area contributed by atoms with Crippen molar-refractivity contribution >= 4 is 0 Å². The molecule has 0 aliphatic rings. The Hall–Kier alpha value is -1.36. The molecule has 0 aliphatic carbocycles. The van der Waals surface area contributed by atoms with Gasteiger partial charge < -0.3 is 5.32 Å². The van der Waals surface area contributed by atoms with Crippen molar-refractivity contribution in [2.75, 3.05) is 7.05 Å². The van der Waals surface area contributed by atoms with E-state index >= 15 is 0 Å². The molecule has 0 saturated heterocycles. The van der Waals surface area contributed by atoms with Crippen LogP contribution in [0, 0.1) is 5.82 Å². The van der Waals surface area contributed by atoms with Gasteiger partial charge in [-0.25, -0.2) is 4.39 Å². The zero-order chi connectivity index (χ0) is 12.3. The monoisotopic (exact) mass is 233 g/mol. The number of likely N-dealkylation sites (N-methyl/N-ethyl adjacent to an activating group) is 1. The summed E-state index contributed by atoms with van der Waals surface area (Å²) in [5, 5.41) is 2.66. The number of alkyl halides is 3. The van der Waals surface area contributed by atoms with E-state index in [1.165, 1.54) is 25.3 Å². The Bertz CT molecular complexity index is 384. The highest BCUT2D eigenvalue weighted by atomic mass is 19.4. The zero-order valence-corrected chi connectivity index (χ0v) is 8.61. The molecule has 0 spiro atoms. The number of hydrogen-bond donors (Lipinski definition) is 1. The van der Waals surface area contributed by atoms with Crippen LogP contribution in [-0.4, -0.2) is 7.05 Å². The number of rotatable bonds is 3. The van der Waals surface area contributed by atoms with Gasteiger partial charge in [0.1, 0.15) is 5.82 Å². The highest BCUT2D eigenvalue weighted by molar-refractivity contribution is 5.32. The summed E-state index contributed by atoms with van der Waals surface area (Å²) in [6, 6.07) is 2.55. The molecule has 0 aromatic heterocycles. The van der Waals surface area contributed by atoms with Crippen LogP contribution in [0.4, 0.5) is 17.6 Å². The molecule has 1 aromatic carbocycles. The minimum Gasteiger partial charge on any atom is -0.310 e. The Labute approximate surface area is 90.8 Å². The van der Waals surface area contributed by atoms with Crippen molar-refractivity contribution in [1.29, 1.82) is 0 Å². The van der Waals surface area contributed by atoms with Gasteiger partial charge in [-0.15, -0.1) is 6.58 Å². The van der Waals surface area contributed by atoms with Crippen LogP contribution < -0.4 is 5.32 Å². The Morgan fingerprint density at radius 1 is 1.38 bits per heavy atom. The minimum atomic E-state index is -4.68. The first kappa shape index (κ1) is 12.7. The predicted molar refractivity (Wildman–Crippen MR) is 53.4 cm³/mol. The van der Waals surface area contributed by atoms with Gasteiger partial charge in [0.2, 0.25) is 0 Å². The number of nitrogens with one attached hydrogen (secondary N) is 1. The van der Waals surface area contributed by atoms with Crippen LogP contribution in [0.25, 0.3) is 0 Å². The third-order valence-electron chi connectivity index (χ3n) is 2.22. The van der Waals surface area contributed by atoms with E-state index in [4.69, 9.17) is 0 Å². The molecule has 1 atom stereocenters. The average molecular weight is 233 g/mol. The normalized spacial score (nSPS) is 13.6. The summed E-state index contributed by atoms with van der Waals surface area (Å²) in [5.74, 6) is -1.26. The molecule has 16 heavy (non-hydrogen) atoms. The Morgan fingerprint density at radius 2 is 2.00 bits per heavy atom. The lowest BCUT2D eigenvalue weighted by Crippen LogP contribution is -2.18. The second-order valence-electron chi connectivity index (χ2n) is 3.21. The molecular formula is C11H11F4N. The van der Waals surface area contributed by atoms with E-state index in [0.29, 0.717) is 6.07 Å². The summed E-state index contributed by atoms with van der Waals surface area (Å²) in [4.78, 5) is 0. The van der Waals surface area contributed by atoms with Crippen molar-refractivity contribution < 1.29 is 17.6 Å². The largest absolute Gasteiger partial charge is 0.419 e. The number of halogens is 4. The molecule has 0 bridgehead atoms. The molecule has 1 unspecified atom stereocenters. The van der Waals surface area contributed by atoms with Gasteiger partial charge in [0.25, 0.3) is 0 Å². The number of hydrogen-bond acceptors (Lipinski definition) is 1. The van der Waals surface area contributed by atoms with E-state index in [-0.39, 0.29) is 5.56 Å². The average Bonchev–Trinajstić information content (AvgIpc) is 2.20.